The van der Waals surface area contributed by atoms with Crippen molar-refractivity contribution in [2.75, 3.05) is 19.4 Å². The molecule has 0 radical (unpaired) electrons. The van der Waals surface area contributed by atoms with E-state index >= 15 is 0 Å². The number of guanidine groups is 1. The predicted molar refractivity (Wildman–Crippen MR) is 101 cm³/mol. The van der Waals surface area contributed by atoms with E-state index in [-0.39, 0.29) is 17.9 Å². The third kappa shape index (κ3) is 15.6. The zero-order chi connectivity index (χ0) is 30.5. The zero-order valence-corrected chi connectivity index (χ0v) is 15.8. The maximum absolute atomic E-state index is 12.4. The van der Waals surface area contributed by atoms with Crippen molar-refractivity contribution < 1.29 is 50.7 Å². The van der Waals surface area contributed by atoms with E-state index in [2.05, 4.69) is 0 Å². The molecule has 1 aromatic carbocycles. The molecule has 0 saturated carbocycles. The van der Waals surface area contributed by atoms with Crippen LogP contribution in [0.3, 0.4) is 0 Å². The maximum atomic E-state index is 12.4. The Morgan fingerprint density at radius 2 is 1.75 bits per heavy atom. The minimum Gasteiger partial charge on any atom is -0.748 e. The highest BCUT2D eigenvalue weighted by Gasteiger charge is 2.08. The van der Waals surface area contributed by atoms with Crippen LogP contribution in [0.25, 0.3) is 0 Å². The van der Waals surface area contributed by atoms with E-state index in [1.807, 2.05) is 0 Å². The summed E-state index contributed by atoms with van der Waals surface area (Å²) in [5.41, 5.74) is 10.2. The number of hydrogen-bond acceptors (Lipinski definition) is 7. The molecule has 0 atom stereocenters. The van der Waals surface area contributed by atoms with Gasteiger partial charge in [0.2, 0.25) is 0 Å². The van der Waals surface area contributed by atoms with Crippen molar-refractivity contribution in [3.63, 3.8) is 0 Å². The third-order valence-corrected chi connectivity index (χ3v) is 2.13. The van der Waals surface area contributed by atoms with Crippen LogP contribution in [0.4, 0.5) is 0 Å². The fraction of sp³-hybridized carbons (Fsp3) is 0.471. The largest absolute Gasteiger partial charge is 0.748 e. The van der Waals surface area contributed by atoms with Gasteiger partial charge in [0.05, 0.1) is 31.5 Å². The number of esters is 2. The Labute approximate surface area is 178 Å². The van der Waals surface area contributed by atoms with Gasteiger partial charge in [-0.25, -0.2) is 13.2 Å². The second-order valence-electron chi connectivity index (χ2n) is 4.54. The molecule has 0 bridgehead atoms. The molecule has 0 fully saturated rings. The van der Waals surface area contributed by atoms with Gasteiger partial charge in [-0.1, -0.05) is 0 Å². The number of carbonyl (C=O) groups is 2. The van der Waals surface area contributed by atoms with Crippen molar-refractivity contribution in [1.29, 1.82) is 0 Å². The van der Waals surface area contributed by atoms with Gasteiger partial charge in [0.25, 0.3) is 0 Å². The van der Waals surface area contributed by atoms with Crippen molar-refractivity contribution in [2.24, 2.45) is 11.5 Å². The van der Waals surface area contributed by atoms with Gasteiger partial charge in [-0.05, 0) is 50.3 Å². The first-order valence-corrected chi connectivity index (χ1v) is 9.14. The molecule has 158 valence electrons. The molecule has 0 amide bonds. The number of carbonyl (C=O) groups excluding carboxylic acids is 2. The third-order valence-electron chi connectivity index (χ3n) is 2.13. The molecule has 1 aromatic rings. The second kappa shape index (κ2) is 13.5. The Balaban J connectivity index is 0.00000249. The van der Waals surface area contributed by atoms with Crippen LogP contribution in [-0.4, -0.2) is 50.2 Å². The van der Waals surface area contributed by atoms with Crippen molar-refractivity contribution in [3.8, 4) is 5.75 Å². The average Bonchev–Trinajstić information content (AvgIpc) is 2.71. The summed E-state index contributed by atoms with van der Waals surface area (Å²) in [5, 5.41) is 0. The molecule has 0 aliphatic carbocycles. The summed E-state index contributed by atoms with van der Waals surface area (Å²) >= 11 is 0. The van der Waals surface area contributed by atoms with Gasteiger partial charge >= 0.3 is 17.9 Å². The Morgan fingerprint density at radius 3 is 2.25 bits per heavy atom. The molecule has 0 saturated heterocycles. The van der Waals surface area contributed by atoms with Crippen LogP contribution in [-0.2, 0) is 19.6 Å². The molecule has 28 heavy (non-hydrogen) atoms. The normalized spacial score (nSPS) is 18.1. The summed E-state index contributed by atoms with van der Waals surface area (Å²) in [6.45, 7) is -1.70. The highest BCUT2D eigenvalue weighted by atomic mass is 32.2. The van der Waals surface area contributed by atoms with Crippen LogP contribution in [0.2, 0.25) is 0 Å². The first kappa shape index (κ1) is 12.7. The van der Waals surface area contributed by atoms with E-state index in [4.69, 9.17) is 47.6 Å². The first-order chi connectivity index (χ1) is 16.8. The Bertz CT molecular complexity index is 1130. The lowest BCUT2D eigenvalue weighted by atomic mass is 10.2. The molecule has 0 aliphatic rings. The Kier molecular flexibility index (Phi) is 6.14. The first-order valence-electron chi connectivity index (χ1n) is 12.3. The van der Waals surface area contributed by atoms with Crippen LogP contribution >= 0.6 is 0 Å². The van der Waals surface area contributed by atoms with Gasteiger partial charge in [-0.3, -0.25) is 21.3 Å². The molecule has 0 aliphatic heterocycles. The van der Waals surface area contributed by atoms with Crippen molar-refractivity contribution in [1.82, 2.24) is 0 Å². The van der Waals surface area contributed by atoms with E-state index in [1.165, 1.54) is 12.1 Å². The summed E-state index contributed by atoms with van der Waals surface area (Å²) in [6.07, 6.45) is -14.9. The molecular formula is C17H27N3O7S. The number of benzene rings is 1. The number of rotatable bonds is 9. The van der Waals surface area contributed by atoms with Crippen molar-refractivity contribution >= 4 is 28.0 Å². The van der Waals surface area contributed by atoms with Crippen molar-refractivity contribution in [2.45, 2.75) is 32.4 Å². The summed E-state index contributed by atoms with van der Waals surface area (Å²) in [6, 6.07) is 4.56. The average molecular weight is 428 g/mol. The summed E-state index contributed by atoms with van der Waals surface area (Å²) in [7, 11) is -3.92. The van der Waals surface area contributed by atoms with E-state index in [0.717, 1.165) is 12.1 Å². The minimum absolute atomic E-state index is 0.0882. The SMILES string of the molecule is CS(=O)(=O)[O-].[2H]C([2H])([NH+]=C(N)N)C([2H])([2H])C([2H])([2H])C([2H])([2H])C([2H])([2H])C(=O)Oc1ccc(C(=O)OCC)cc1. The summed E-state index contributed by atoms with van der Waals surface area (Å²) < 4.78 is 115. The molecule has 10 nitrogen and oxygen atoms in total. The number of nitrogens with one attached hydrogen (secondary N) is 1. The maximum Gasteiger partial charge on any atom is 0.338 e. The van der Waals surface area contributed by atoms with Crippen LogP contribution < -0.4 is 21.2 Å². The summed E-state index contributed by atoms with van der Waals surface area (Å²) in [5.74, 6) is -3.75. The van der Waals surface area contributed by atoms with Gasteiger partial charge in [0.15, 0.2) is 0 Å². The van der Waals surface area contributed by atoms with Crippen molar-refractivity contribution in [3.05, 3.63) is 29.8 Å². The molecule has 1 rings (SSSR count). The van der Waals surface area contributed by atoms with E-state index in [9.17, 15) is 9.59 Å². The fourth-order valence-corrected chi connectivity index (χ4v) is 1.25. The number of nitrogens with two attached hydrogens (primary N) is 2. The lowest BCUT2D eigenvalue weighted by Gasteiger charge is -2.05. The molecule has 0 aromatic heterocycles. The molecule has 0 spiro atoms. The smallest absolute Gasteiger partial charge is 0.338 e. The quantitative estimate of drug-likeness (QED) is 0.144. The predicted octanol–water partition coefficient (Wildman–Crippen LogP) is -1.16. The van der Waals surface area contributed by atoms with Gasteiger partial charge < -0.3 is 14.0 Å². The second-order valence-corrected chi connectivity index (χ2v) is 5.95. The highest BCUT2D eigenvalue weighted by Crippen LogP contribution is 2.14. The standard InChI is InChI=1S/C16H23N3O4.CH4O3S/c1-2-22-15(21)12-7-9-13(10-8-12)23-14(20)6-4-3-5-11-19-16(17)18;1-5(2,3)4/h7-10H,2-6,11H2,1H3,(H4,17,18,19);1H3,(H,2,3,4)/i3D2,4D2,5D2,6D2,11D2;. The minimum atomic E-state index is -3.97. The van der Waals surface area contributed by atoms with Crippen LogP contribution in [0.5, 0.6) is 5.75 Å². The Morgan fingerprint density at radius 1 is 1.18 bits per heavy atom. The van der Waals surface area contributed by atoms with Gasteiger partial charge in [0.1, 0.15) is 5.75 Å². The van der Waals surface area contributed by atoms with E-state index < -0.39 is 60.0 Å². The molecule has 0 unspecified atom stereocenters. The van der Waals surface area contributed by atoms with Crippen LogP contribution in [0, 0.1) is 0 Å². The van der Waals surface area contributed by atoms with Gasteiger partial charge in [-0.2, -0.15) is 0 Å². The fourth-order valence-electron chi connectivity index (χ4n) is 1.25. The molecule has 0 heterocycles. The lowest BCUT2D eigenvalue weighted by molar-refractivity contribution is -0.459. The van der Waals surface area contributed by atoms with Crippen LogP contribution in [0.1, 0.15) is 56.5 Å². The number of hydrogen-bond donors (Lipinski definition) is 3. The van der Waals surface area contributed by atoms with E-state index in [1.54, 1.807) is 11.9 Å². The monoisotopic (exact) mass is 427 g/mol. The molecule has 11 heteroatoms. The Hall–Kier alpha value is -2.66. The highest BCUT2D eigenvalue weighted by molar-refractivity contribution is 7.84. The molecular weight excluding hydrogens is 390 g/mol. The van der Waals surface area contributed by atoms with Crippen LogP contribution in [0.15, 0.2) is 24.3 Å². The topological polar surface area (TPSA) is 176 Å². The number of ether oxygens (including phenoxy) is 2. The lowest BCUT2D eigenvalue weighted by Crippen LogP contribution is -2.78. The van der Waals surface area contributed by atoms with Gasteiger partial charge in [-0.15, -0.1) is 0 Å². The van der Waals surface area contributed by atoms with E-state index in [0.29, 0.717) is 6.26 Å². The molecule has 5 N–H and O–H groups in total. The van der Waals surface area contributed by atoms with Gasteiger partial charge in [0, 0.05) is 23.6 Å². The zero-order valence-electron chi connectivity index (χ0n) is 24.9. The summed E-state index contributed by atoms with van der Waals surface area (Å²) in [4.78, 5) is 25.7.